The third-order valence-electron chi connectivity index (χ3n) is 4.05. The highest BCUT2D eigenvalue weighted by Crippen LogP contribution is 2.25. The summed E-state index contributed by atoms with van der Waals surface area (Å²) < 4.78 is 0. The topological polar surface area (TPSA) is 59.2 Å². The van der Waals surface area contributed by atoms with Crippen LogP contribution in [0.3, 0.4) is 0 Å². The van der Waals surface area contributed by atoms with Crippen molar-refractivity contribution in [3.05, 3.63) is 30.1 Å². The summed E-state index contributed by atoms with van der Waals surface area (Å²) in [5.41, 5.74) is 6.67. The molecule has 0 radical (unpaired) electrons. The Balaban J connectivity index is 1.98. The van der Waals surface area contributed by atoms with E-state index in [-0.39, 0.29) is 11.9 Å². The molecule has 2 unspecified atom stereocenters. The first-order valence-electron chi connectivity index (χ1n) is 7.14. The van der Waals surface area contributed by atoms with Gasteiger partial charge in [-0.15, -0.1) is 0 Å². The fourth-order valence-corrected chi connectivity index (χ4v) is 2.82. The Labute approximate surface area is 115 Å². The Morgan fingerprint density at radius 2 is 2.37 bits per heavy atom. The number of nitrogens with two attached hydrogens (primary N) is 1. The Hall–Kier alpha value is -1.42. The summed E-state index contributed by atoms with van der Waals surface area (Å²) in [6.07, 6.45) is 5.43. The van der Waals surface area contributed by atoms with Crippen molar-refractivity contribution in [1.82, 2.24) is 9.88 Å². The van der Waals surface area contributed by atoms with Crippen LogP contribution in [-0.2, 0) is 11.2 Å². The third kappa shape index (κ3) is 3.53. The molecule has 1 aromatic rings. The van der Waals surface area contributed by atoms with Crippen molar-refractivity contribution in [3.8, 4) is 0 Å². The highest BCUT2D eigenvalue weighted by molar-refractivity contribution is 5.78. The first-order chi connectivity index (χ1) is 9.24. The van der Waals surface area contributed by atoms with Crippen LogP contribution in [0, 0.1) is 5.92 Å². The molecule has 4 heteroatoms. The maximum Gasteiger partial charge on any atom is 0.228 e. The molecule has 2 heterocycles. The normalized spacial score (nSPS) is 23.4. The van der Waals surface area contributed by atoms with E-state index >= 15 is 0 Å². The van der Waals surface area contributed by atoms with Crippen LogP contribution >= 0.6 is 0 Å². The molecule has 2 N–H and O–H groups in total. The maximum absolute atomic E-state index is 12.4. The number of amides is 1. The molecule has 1 saturated heterocycles. The van der Waals surface area contributed by atoms with E-state index in [0.717, 1.165) is 25.1 Å². The molecule has 0 aromatic carbocycles. The summed E-state index contributed by atoms with van der Waals surface area (Å²) in [6.45, 7) is 3.61. The molecule has 1 aliphatic heterocycles. The number of hydrogen-bond donors (Lipinski definition) is 1. The van der Waals surface area contributed by atoms with E-state index in [2.05, 4.69) is 11.9 Å². The lowest BCUT2D eigenvalue weighted by Gasteiger charge is -2.39. The minimum atomic E-state index is 0.156. The van der Waals surface area contributed by atoms with Crippen molar-refractivity contribution < 1.29 is 4.79 Å². The lowest BCUT2D eigenvalue weighted by molar-refractivity contribution is -0.134. The number of pyridine rings is 1. The molecule has 0 aliphatic carbocycles. The zero-order chi connectivity index (χ0) is 13.7. The molecule has 1 aliphatic rings. The van der Waals surface area contributed by atoms with Gasteiger partial charge in [0, 0.05) is 31.0 Å². The summed E-state index contributed by atoms with van der Waals surface area (Å²) in [5, 5.41) is 0. The van der Waals surface area contributed by atoms with Gasteiger partial charge in [0.1, 0.15) is 0 Å². The highest BCUT2D eigenvalue weighted by atomic mass is 16.2. The SMILES string of the molecule is CCC1CCN(C(=O)Cc2ccccn2)C(CN)C1. The standard InChI is InChI=1S/C15H23N3O/c1-2-12-6-8-18(14(9-12)11-16)15(19)10-13-5-3-4-7-17-13/h3-5,7,12,14H,2,6,8-11,16H2,1H3. The van der Waals surface area contributed by atoms with Crippen molar-refractivity contribution in [1.29, 1.82) is 0 Å². The molecule has 0 bridgehead atoms. The molecular weight excluding hydrogens is 238 g/mol. The number of piperidine rings is 1. The van der Waals surface area contributed by atoms with Gasteiger partial charge < -0.3 is 10.6 Å². The van der Waals surface area contributed by atoms with E-state index in [4.69, 9.17) is 5.73 Å². The number of hydrogen-bond acceptors (Lipinski definition) is 3. The molecule has 2 rings (SSSR count). The predicted octanol–water partition coefficient (Wildman–Crippen LogP) is 1.60. The average Bonchev–Trinajstić information content (AvgIpc) is 2.47. The van der Waals surface area contributed by atoms with Crippen LogP contribution in [-0.4, -0.2) is 34.9 Å². The third-order valence-corrected chi connectivity index (χ3v) is 4.05. The van der Waals surface area contributed by atoms with Gasteiger partial charge in [-0.05, 0) is 30.9 Å². The van der Waals surface area contributed by atoms with Gasteiger partial charge in [-0.2, -0.15) is 0 Å². The Kier molecular flexibility index (Phi) is 4.91. The largest absolute Gasteiger partial charge is 0.338 e. The van der Waals surface area contributed by atoms with Gasteiger partial charge in [0.2, 0.25) is 5.91 Å². The second-order valence-electron chi connectivity index (χ2n) is 5.27. The van der Waals surface area contributed by atoms with Crippen molar-refractivity contribution in [2.45, 2.75) is 38.6 Å². The van der Waals surface area contributed by atoms with Crippen LogP contribution in [0.5, 0.6) is 0 Å². The fourth-order valence-electron chi connectivity index (χ4n) is 2.82. The van der Waals surface area contributed by atoms with E-state index in [9.17, 15) is 4.79 Å². The quantitative estimate of drug-likeness (QED) is 0.895. The van der Waals surface area contributed by atoms with Crippen LogP contribution in [0.4, 0.5) is 0 Å². The van der Waals surface area contributed by atoms with Crippen LogP contribution in [0.25, 0.3) is 0 Å². The Morgan fingerprint density at radius 1 is 1.53 bits per heavy atom. The average molecular weight is 261 g/mol. The predicted molar refractivity (Wildman–Crippen MR) is 75.5 cm³/mol. The molecule has 1 amide bonds. The molecule has 104 valence electrons. The smallest absolute Gasteiger partial charge is 0.228 e. The van der Waals surface area contributed by atoms with Gasteiger partial charge in [-0.3, -0.25) is 9.78 Å². The highest BCUT2D eigenvalue weighted by Gasteiger charge is 2.29. The first-order valence-corrected chi connectivity index (χ1v) is 7.14. The van der Waals surface area contributed by atoms with Crippen molar-refractivity contribution in [2.24, 2.45) is 11.7 Å². The second kappa shape index (κ2) is 6.66. The molecule has 0 saturated carbocycles. The second-order valence-corrected chi connectivity index (χ2v) is 5.27. The van der Waals surface area contributed by atoms with Crippen molar-refractivity contribution in [3.63, 3.8) is 0 Å². The van der Waals surface area contributed by atoms with Gasteiger partial charge >= 0.3 is 0 Å². The summed E-state index contributed by atoms with van der Waals surface area (Å²) in [7, 11) is 0. The molecule has 0 spiro atoms. The van der Waals surface area contributed by atoms with Crippen LogP contribution in [0.1, 0.15) is 31.9 Å². The van der Waals surface area contributed by atoms with Gasteiger partial charge in [0.25, 0.3) is 0 Å². The summed E-state index contributed by atoms with van der Waals surface area (Å²) in [6, 6.07) is 5.88. The molecular formula is C15H23N3O. The number of likely N-dealkylation sites (tertiary alicyclic amines) is 1. The molecule has 19 heavy (non-hydrogen) atoms. The number of aromatic nitrogens is 1. The number of nitrogens with zero attached hydrogens (tertiary/aromatic N) is 2. The minimum absolute atomic E-state index is 0.156. The van der Waals surface area contributed by atoms with E-state index in [1.165, 1.54) is 6.42 Å². The molecule has 4 nitrogen and oxygen atoms in total. The fraction of sp³-hybridized carbons (Fsp3) is 0.600. The van der Waals surface area contributed by atoms with E-state index < -0.39 is 0 Å². The van der Waals surface area contributed by atoms with Crippen LogP contribution < -0.4 is 5.73 Å². The lowest BCUT2D eigenvalue weighted by Crippen LogP contribution is -2.50. The monoisotopic (exact) mass is 261 g/mol. The first kappa shape index (κ1) is 14.0. The number of carbonyl (C=O) groups is 1. The van der Waals surface area contributed by atoms with Crippen molar-refractivity contribution >= 4 is 5.91 Å². The Bertz CT molecular complexity index is 407. The lowest BCUT2D eigenvalue weighted by atomic mass is 9.88. The zero-order valence-corrected chi connectivity index (χ0v) is 11.6. The Morgan fingerprint density at radius 3 is 3.00 bits per heavy atom. The van der Waals surface area contributed by atoms with Crippen molar-refractivity contribution in [2.75, 3.05) is 13.1 Å². The summed E-state index contributed by atoms with van der Waals surface area (Å²) in [5.74, 6) is 0.871. The van der Waals surface area contributed by atoms with Crippen LogP contribution in [0.2, 0.25) is 0 Å². The summed E-state index contributed by atoms with van der Waals surface area (Å²) >= 11 is 0. The minimum Gasteiger partial charge on any atom is -0.338 e. The van der Waals surface area contributed by atoms with E-state index in [1.54, 1.807) is 6.20 Å². The zero-order valence-electron chi connectivity index (χ0n) is 11.6. The summed E-state index contributed by atoms with van der Waals surface area (Å²) in [4.78, 5) is 18.5. The van der Waals surface area contributed by atoms with Gasteiger partial charge in [-0.25, -0.2) is 0 Å². The number of carbonyl (C=O) groups excluding carboxylic acids is 1. The molecule has 2 atom stereocenters. The van der Waals surface area contributed by atoms with E-state index in [0.29, 0.717) is 18.9 Å². The van der Waals surface area contributed by atoms with Gasteiger partial charge in [0.15, 0.2) is 0 Å². The van der Waals surface area contributed by atoms with Crippen LogP contribution in [0.15, 0.2) is 24.4 Å². The molecule has 1 fully saturated rings. The van der Waals surface area contributed by atoms with E-state index in [1.807, 2.05) is 23.1 Å². The van der Waals surface area contributed by atoms with Gasteiger partial charge in [-0.1, -0.05) is 19.4 Å². The van der Waals surface area contributed by atoms with Gasteiger partial charge in [0.05, 0.1) is 6.42 Å². The molecule has 1 aromatic heterocycles. The maximum atomic E-state index is 12.4. The number of rotatable bonds is 4.